The summed E-state index contributed by atoms with van der Waals surface area (Å²) in [5, 5.41) is 1.18. The summed E-state index contributed by atoms with van der Waals surface area (Å²) in [6.07, 6.45) is 7.07. The standard InChI is InChI=1S/C23H23NO2/c1-15(26)17-11-12-20-21(13-17)24-23(19-10-6-5-9-18(19)14-25)22(20)16-7-3-2-4-8-16/h5-6,9-14,16,24H,2-4,7-8H2,1H3. The number of ketones is 1. The van der Waals surface area contributed by atoms with E-state index in [4.69, 9.17) is 0 Å². The zero-order valence-electron chi connectivity index (χ0n) is 15.0. The SMILES string of the molecule is CC(=O)c1ccc2c(C3CCCCC3)c(-c3ccccc3C=O)[nH]c2c1. The van der Waals surface area contributed by atoms with Crippen molar-refractivity contribution < 1.29 is 9.59 Å². The minimum Gasteiger partial charge on any atom is -0.354 e. The summed E-state index contributed by atoms with van der Waals surface area (Å²) in [6, 6.07) is 13.7. The number of Topliss-reactive ketones (excluding diaryl/α,β-unsaturated/α-hetero) is 1. The molecule has 0 radical (unpaired) electrons. The molecule has 1 heterocycles. The fourth-order valence-electron chi connectivity index (χ4n) is 4.29. The molecule has 26 heavy (non-hydrogen) atoms. The van der Waals surface area contributed by atoms with Gasteiger partial charge in [0, 0.05) is 27.6 Å². The monoisotopic (exact) mass is 345 g/mol. The van der Waals surface area contributed by atoms with Crippen LogP contribution in [0.1, 0.15) is 71.2 Å². The fourth-order valence-corrected chi connectivity index (χ4v) is 4.29. The molecule has 0 atom stereocenters. The van der Waals surface area contributed by atoms with E-state index in [-0.39, 0.29) is 5.78 Å². The molecule has 0 bridgehead atoms. The highest BCUT2D eigenvalue weighted by Gasteiger charge is 2.24. The first-order valence-corrected chi connectivity index (χ1v) is 9.40. The number of hydrogen-bond acceptors (Lipinski definition) is 2. The lowest BCUT2D eigenvalue weighted by Gasteiger charge is -2.23. The molecule has 4 rings (SSSR count). The van der Waals surface area contributed by atoms with Gasteiger partial charge in [0.15, 0.2) is 12.1 Å². The molecule has 0 spiro atoms. The Morgan fingerprint density at radius 2 is 1.85 bits per heavy atom. The van der Waals surface area contributed by atoms with Crippen molar-refractivity contribution in [3.05, 3.63) is 59.2 Å². The van der Waals surface area contributed by atoms with Crippen molar-refractivity contribution in [1.29, 1.82) is 0 Å². The van der Waals surface area contributed by atoms with Crippen LogP contribution in [0, 0.1) is 0 Å². The second-order valence-corrected chi connectivity index (χ2v) is 7.27. The zero-order chi connectivity index (χ0) is 18.1. The van der Waals surface area contributed by atoms with Gasteiger partial charge in [-0.05, 0) is 37.3 Å². The van der Waals surface area contributed by atoms with E-state index < -0.39 is 0 Å². The number of H-pyrrole nitrogens is 1. The molecule has 0 aliphatic heterocycles. The average molecular weight is 345 g/mol. The average Bonchev–Trinajstić information content (AvgIpc) is 3.07. The Morgan fingerprint density at radius 1 is 1.08 bits per heavy atom. The quantitative estimate of drug-likeness (QED) is 0.473. The van der Waals surface area contributed by atoms with E-state index in [9.17, 15) is 9.59 Å². The third-order valence-corrected chi connectivity index (χ3v) is 5.62. The van der Waals surface area contributed by atoms with E-state index in [1.54, 1.807) is 6.92 Å². The number of nitrogens with one attached hydrogen (secondary N) is 1. The van der Waals surface area contributed by atoms with Crippen molar-refractivity contribution in [1.82, 2.24) is 4.98 Å². The fraction of sp³-hybridized carbons (Fsp3) is 0.304. The molecular weight excluding hydrogens is 322 g/mol. The minimum absolute atomic E-state index is 0.0653. The number of carbonyl (C=O) groups is 2. The van der Waals surface area contributed by atoms with Crippen molar-refractivity contribution in [2.45, 2.75) is 44.9 Å². The highest BCUT2D eigenvalue weighted by molar-refractivity contribution is 6.01. The van der Waals surface area contributed by atoms with Gasteiger partial charge in [0.05, 0.1) is 5.69 Å². The van der Waals surface area contributed by atoms with Crippen LogP contribution in [0.5, 0.6) is 0 Å². The Morgan fingerprint density at radius 3 is 2.58 bits per heavy atom. The Labute approximate surface area is 153 Å². The number of aromatic amines is 1. The van der Waals surface area contributed by atoms with Gasteiger partial charge in [-0.15, -0.1) is 0 Å². The van der Waals surface area contributed by atoms with E-state index in [2.05, 4.69) is 11.1 Å². The molecule has 0 saturated heterocycles. The Balaban J connectivity index is 1.97. The third-order valence-electron chi connectivity index (χ3n) is 5.62. The molecule has 2 aromatic carbocycles. The summed E-state index contributed by atoms with van der Waals surface area (Å²) in [7, 11) is 0. The lowest BCUT2D eigenvalue weighted by Crippen LogP contribution is -2.05. The van der Waals surface area contributed by atoms with Gasteiger partial charge >= 0.3 is 0 Å². The molecule has 0 unspecified atom stereocenters. The molecule has 1 fully saturated rings. The highest BCUT2D eigenvalue weighted by Crippen LogP contribution is 2.42. The topological polar surface area (TPSA) is 49.9 Å². The van der Waals surface area contributed by atoms with Gasteiger partial charge in [-0.1, -0.05) is 55.7 Å². The number of carbonyl (C=O) groups excluding carboxylic acids is 2. The predicted molar refractivity (Wildman–Crippen MR) is 105 cm³/mol. The van der Waals surface area contributed by atoms with E-state index in [1.165, 1.54) is 43.1 Å². The van der Waals surface area contributed by atoms with Crippen LogP contribution in [0.2, 0.25) is 0 Å². The first-order chi connectivity index (χ1) is 12.7. The van der Waals surface area contributed by atoms with E-state index in [1.807, 2.05) is 36.4 Å². The molecule has 1 aromatic heterocycles. The first-order valence-electron chi connectivity index (χ1n) is 9.40. The molecular formula is C23H23NO2. The van der Waals surface area contributed by atoms with Crippen LogP contribution in [-0.4, -0.2) is 17.1 Å². The summed E-state index contributed by atoms with van der Waals surface area (Å²) in [4.78, 5) is 26.9. The highest BCUT2D eigenvalue weighted by atomic mass is 16.1. The number of aldehydes is 1. The smallest absolute Gasteiger partial charge is 0.159 e. The normalized spacial score (nSPS) is 15.3. The number of hydrogen-bond donors (Lipinski definition) is 1. The van der Waals surface area contributed by atoms with Gasteiger partial charge in [0.2, 0.25) is 0 Å². The maximum absolute atomic E-state index is 11.8. The molecule has 3 nitrogen and oxygen atoms in total. The molecule has 1 saturated carbocycles. The van der Waals surface area contributed by atoms with Gasteiger partial charge in [-0.3, -0.25) is 9.59 Å². The van der Waals surface area contributed by atoms with Crippen molar-refractivity contribution in [2.75, 3.05) is 0 Å². The summed E-state index contributed by atoms with van der Waals surface area (Å²) in [5.41, 5.74) is 5.68. The number of benzene rings is 2. The van der Waals surface area contributed by atoms with Crippen LogP contribution in [0.15, 0.2) is 42.5 Å². The predicted octanol–water partition coefficient (Wildman–Crippen LogP) is 5.90. The van der Waals surface area contributed by atoms with E-state index in [0.29, 0.717) is 17.0 Å². The van der Waals surface area contributed by atoms with Crippen molar-refractivity contribution >= 4 is 23.0 Å². The van der Waals surface area contributed by atoms with E-state index in [0.717, 1.165) is 23.1 Å². The second kappa shape index (κ2) is 6.91. The molecule has 3 heteroatoms. The van der Waals surface area contributed by atoms with Gasteiger partial charge in [0.1, 0.15) is 0 Å². The molecule has 0 amide bonds. The largest absolute Gasteiger partial charge is 0.354 e. The molecule has 1 N–H and O–H groups in total. The second-order valence-electron chi connectivity index (χ2n) is 7.27. The summed E-state index contributed by atoms with van der Waals surface area (Å²) >= 11 is 0. The van der Waals surface area contributed by atoms with Crippen molar-refractivity contribution in [3.8, 4) is 11.3 Å². The number of fused-ring (bicyclic) bond motifs is 1. The Hall–Kier alpha value is -2.68. The van der Waals surface area contributed by atoms with E-state index >= 15 is 0 Å². The van der Waals surface area contributed by atoms with Crippen molar-refractivity contribution in [2.24, 2.45) is 0 Å². The maximum atomic E-state index is 11.8. The Bertz CT molecular complexity index is 977. The minimum atomic E-state index is 0.0653. The molecule has 1 aliphatic rings. The zero-order valence-corrected chi connectivity index (χ0v) is 15.0. The Kier molecular flexibility index (Phi) is 4.46. The van der Waals surface area contributed by atoms with Gasteiger partial charge in [0.25, 0.3) is 0 Å². The van der Waals surface area contributed by atoms with Crippen LogP contribution >= 0.6 is 0 Å². The van der Waals surface area contributed by atoms with Gasteiger partial charge in [-0.2, -0.15) is 0 Å². The van der Waals surface area contributed by atoms with Gasteiger partial charge < -0.3 is 4.98 Å². The van der Waals surface area contributed by atoms with Crippen LogP contribution < -0.4 is 0 Å². The van der Waals surface area contributed by atoms with Gasteiger partial charge in [-0.25, -0.2) is 0 Å². The third kappa shape index (κ3) is 2.88. The van der Waals surface area contributed by atoms with Crippen LogP contribution in [0.3, 0.4) is 0 Å². The molecule has 3 aromatic rings. The number of aromatic nitrogens is 1. The number of rotatable bonds is 4. The van der Waals surface area contributed by atoms with Crippen molar-refractivity contribution in [3.63, 3.8) is 0 Å². The van der Waals surface area contributed by atoms with Crippen LogP contribution in [0.25, 0.3) is 22.2 Å². The first kappa shape index (κ1) is 16.8. The van der Waals surface area contributed by atoms with Crippen LogP contribution in [-0.2, 0) is 0 Å². The molecule has 1 aliphatic carbocycles. The van der Waals surface area contributed by atoms with Crippen LogP contribution in [0.4, 0.5) is 0 Å². The molecule has 132 valence electrons. The summed E-state index contributed by atoms with van der Waals surface area (Å²) in [6.45, 7) is 1.59. The lowest BCUT2D eigenvalue weighted by atomic mass is 9.81. The maximum Gasteiger partial charge on any atom is 0.159 e. The summed E-state index contributed by atoms with van der Waals surface area (Å²) < 4.78 is 0. The lowest BCUT2D eigenvalue weighted by molar-refractivity contribution is 0.101. The summed E-state index contributed by atoms with van der Waals surface area (Å²) in [5.74, 6) is 0.561.